The molecule has 0 atom stereocenters. The van der Waals surface area contributed by atoms with E-state index in [4.69, 9.17) is 15.3 Å². The van der Waals surface area contributed by atoms with Gasteiger partial charge in [0.1, 0.15) is 0 Å². The van der Waals surface area contributed by atoms with Gasteiger partial charge in [0.25, 0.3) is 5.09 Å². The Hall–Kier alpha value is -1.10. The predicted molar refractivity (Wildman–Crippen MR) is 42.9 cm³/mol. The van der Waals surface area contributed by atoms with Gasteiger partial charge in [-0.25, -0.2) is 0 Å². The van der Waals surface area contributed by atoms with Crippen molar-refractivity contribution in [2.45, 2.75) is 0 Å². The smallest absolute Gasteiger partial charge is 0.291 e. The second-order valence-corrected chi connectivity index (χ2v) is 2.45. The average Bonchev–Trinajstić information content (AvgIpc) is 1.87. The van der Waals surface area contributed by atoms with Crippen LogP contribution in [-0.2, 0) is 0 Å². The SMILES string of the molecule is Brc1ccccc1.O=[N+]([O-])O. The maximum atomic E-state index is 8.36. The zero-order valence-corrected chi connectivity index (χ0v) is 7.06. The molecule has 60 valence electrons. The molecule has 0 spiro atoms. The number of nitrogens with zero attached hydrogens (tertiary/aromatic N) is 1. The fourth-order valence-electron chi connectivity index (χ4n) is 0.415. The van der Waals surface area contributed by atoms with Gasteiger partial charge in [0.2, 0.25) is 0 Å². The lowest BCUT2D eigenvalue weighted by molar-refractivity contribution is -0.742. The van der Waals surface area contributed by atoms with Crippen LogP contribution in [0.3, 0.4) is 0 Å². The van der Waals surface area contributed by atoms with Crippen molar-refractivity contribution >= 4 is 15.9 Å². The van der Waals surface area contributed by atoms with Crippen LogP contribution in [0.15, 0.2) is 34.8 Å². The summed E-state index contributed by atoms with van der Waals surface area (Å²) in [5.41, 5.74) is 0. The first kappa shape index (κ1) is 9.90. The van der Waals surface area contributed by atoms with E-state index < -0.39 is 5.09 Å². The van der Waals surface area contributed by atoms with E-state index in [9.17, 15) is 0 Å². The van der Waals surface area contributed by atoms with Crippen LogP contribution in [0.5, 0.6) is 0 Å². The molecule has 1 aromatic carbocycles. The summed E-state index contributed by atoms with van der Waals surface area (Å²) in [6, 6.07) is 9.97. The average molecular weight is 220 g/mol. The van der Waals surface area contributed by atoms with E-state index in [1.54, 1.807) is 0 Å². The van der Waals surface area contributed by atoms with Crippen LogP contribution in [0.4, 0.5) is 0 Å². The van der Waals surface area contributed by atoms with Gasteiger partial charge in [-0.15, -0.1) is 10.1 Å². The van der Waals surface area contributed by atoms with Gasteiger partial charge in [-0.1, -0.05) is 34.1 Å². The molecule has 1 rings (SSSR count). The van der Waals surface area contributed by atoms with Gasteiger partial charge in [0, 0.05) is 4.47 Å². The van der Waals surface area contributed by atoms with E-state index in [2.05, 4.69) is 15.9 Å². The van der Waals surface area contributed by atoms with Crippen molar-refractivity contribution in [2.75, 3.05) is 0 Å². The summed E-state index contributed by atoms with van der Waals surface area (Å²) in [4.78, 5) is 8.36. The highest BCUT2D eigenvalue weighted by Gasteiger charge is 1.74. The molecule has 0 fully saturated rings. The molecular weight excluding hydrogens is 214 g/mol. The third-order valence-electron chi connectivity index (χ3n) is 0.733. The van der Waals surface area contributed by atoms with Crippen LogP contribution in [0.1, 0.15) is 0 Å². The molecule has 0 saturated carbocycles. The molecule has 0 aliphatic carbocycles. The first-order valence-corrected chi connectivity index (χ1v) is 3.46. The number of hydrogen-bond donors (Lipinski definition) is 1. The molecule has 4 nitrogen and oxygen atoms in total. The Balaban J connectivity index is 0.000000218. The minimum Gasteiger partial charge on any atom is -0.328 e. The van der Waals surface area contributed by atoms with E-state index in [-0.39, 0.29) is 0 Å². The Labute approximate surface area is 71.7 Å². The van der Waals surface area contributed by atoms with E-state index in [0.717, 1.165) is 4.47 Å². The van der Waals surface area contributed by atoms with Crippen molar-refractivity contribution in [2.24, 2.45) is 0 Å². The van der Waals surface area contributed by atoms with Crippen LogP contribution in [0.25, 0.3) is 0 Å². The summed E-state index contributed by atoms with van der Waals surface area (Å²) < 4.78 is 1.13. The molecule has 0 heterocycles. The zero-order chi connectivity index (χ0) is 8.69. The molecule has 0 amide bonds. The first-order chi connectivity index (χ1) is 5.13. The van der Waals surface area contributed by atoms with Gasteiger partial charge in [-0.3, -0.25) is 0 Å². The van der Waals surface area contributed by atoms with Crippen LogP contribution in [0, 0.1) is 10.1 Å². The number of halogens is 1. The van der Waals surface area contributed by atoms with Crippen molar-refractivity contribution in [3.05, 3.63) is 44.9 Å². The predicted octanol–water partition coefficient (Wildman–Crippen LogP) is 2.10. The minimum atomic E-state index is -1.50. The van der Waals surface area contributed by atoms with E-state index >= 15 is 0 Å². The maximum absolute atomic E-state index is 8.36. The third kappa shape index (κ3) is 8.90. The molecule has 0 saturated heterocycles. The van der Waals surface area contributed by atoms with Gasteiger partial charge < -0.3 is 5.21 Å². The lowest BCUT2D eigenvalue weighted by atomic mass is 10.4. The fourth-order valence-corrected chi connectivity index (χ4v) is 0.720. The van der Waals surface area contributed by atoms with Crippen LogP contribution < -0.4 is 0 Å². The summed E-state index contributed by atoms with van der Waals surface area (Å²) in [5, 5.41) is 13.6. The van der Waals surface area contributed by atoms with Gasteiger partial charge in [0.05, 0.1) is 0 Å². The molecule has 0 aliphatic rings. The molecule has 0 bridgehead atoms. The minimum absolute atomic E-state index is 1.13. The summed E-state index contributed by atoms with van der Waals surface area (Å²) in [6.45, 7) is 0. The Morgan fingerprint density at radius 3 is 1.91 bits per heavy atom. The van der Waals surface area contributed by atoms with Crippen molar-refractivity contribution in [1.29, 1.82) is 0 Å². The molecule has 0 aromatic heterocycles. The molecule has 1 aromatic rings. The third-order valence-corrected chi connectivity index (χ3v) is 1.26. The lowest BCUT2D eigenvalue weighted by Crippen LogP contribution is -1.81. The van der Waals surface area contributed by atoms with Crippen molar-refractivity contribution in [3.8, 4) is 0 Å². The summed E-state index contributed by atoms with van der Waals surface area (Å²) >= 11 is 3.31. The summed E-state index contributed by atoms with van der Waals surface area (Å²) in [7, 11) is 0. The fraction of sp³-hybridized carbons (Fsp3) is 0. The molecule has 5 heteroatoms. The van der Waals surface area contributed by atoms with Crippen LogP contribution in [-0.4, -0.2) is 10.3 Å². The molecule has 11 heavy (non-hydrogen) atoms. The molecule has 0 aliphatic heterocycles. The van der Waals surface area contributed by atoms with Crippen molar-refractivity contribution in [1.82, 2.24) is 0 Å². The normalized spacial score (nSPS) is 7.73. The van der Waals surface area contributed by atoms with Gasteiger partial charge >= 0.3 is 0 Å². The highest BCUT2D eigenvalue weighted by Crippen LogP contribution is 2.05. The molecule has 0 unspecified atom stereocenters. The number of benzene rings is 1. The number of hydrogen-bond acceptors (Lipinski definition) is 2. The van der Waals surface area contributed by atoms with Crippen LogP contribution >= 0.6 is 15.9 Å². The van der Waals surface area contributed by atoms with Crippen molar-refractivity contribution in [3.63, 3.8) is 0 Å². The Bertz CT molecular complexity index is 210. The highest BCUT2D eigenvalue weighted by atomic mass is 79.9. The van der Waals surface area contributed by atoms with E-state index in [1.165, 1.54) is 0 Å². The molecule has 1 N–H and O–H groups in total. The van der Waals surface area contributed by atoms with Crippen molar-refractivity contribution < 1.29 is 10.3 Å². The molecular formula is C6H6BrNO3. The summed E-state index contributed by atoms with van der Waals surface area (Å²) in [6.07, 6.45) is 0. The first-order valence-electron chi connectivity index (χ1n) is 2.66. The monoisotopic (exact) mass is 219 g/mol. The maximum Gasteiger partial charge on any atom is 0.291 e. The second-order valence-electron chi connectivity index (χ2n) is 1.53. The zero-order valence-electron chi connectivity index (χ0n) is 5.48. The largest absolute Gasteiger partial charge is 0.328 e. The van der Waals surface area contributed by atoms with E-state index in [1.807, 2.05) is 30.3 Å². The Kier molecular flexibility index (Phi) is 5.10. The van der Waals surface area contributed by atoms with Crippen LogP contribution in [0.2, 0.25) is 0 Å². The van der Waals surface area contributed by atoms with Gasteiger partial charge in [0.15, 0.2) is 0 Å². The van der Waals surface area contributed by atoms with Gasteiger partial charge in [-0.2, -0.15) is 0 Å². The van der Waals surface area contributed by atoms with E-state index in [0.29, 0.717) is 0 Å². The molecule has 0 radical (unpaired) electrons. The Morgan fingerprint density at radius 2 is 1.73 bits per heavy atom. The standard InChI is InChI=1S/C6H5Br.HNO3/c7-6-4-2-1-3-5-6;2-1(3)4/h1-5H;(H,2,3,4). The quantitative estimate of drug-likeness (QED) is 0.537. The number of rotatable bonds is 0. The lowest BCUT2D eigenvalue weighted by Gasteiger charge is -1.80. The summed E-state index contributed by atoms with van der Waals surface area (Å²) in [5.74, 6) is 0. The van der Waals surface area contributed by atoms with Gasteiger partial charge in [-0.05, 0) is 12.1 Å². The highest BCUT2D eigenvalue weighted by molar-refractivity contribution is 9.10. The topological polar surface area (TPSA) is 63.4 Å². The second kappa shape index (κ2) is 5.67. The Morgan fingerprint density at radius 1 is 1.36 bits per heavy atom.